The molecular weight excluding hydrogens is 371 g/mol. The molecule has 0 saturated heterocycles. The molecular formula is C16H19ClF3N5O. The van der Waals surface area contributed by atoms with Crippen molar-refractivity contribution in [2.75, 3.05) is 6.54 Å². The molecule has 26 heavy (non-hydrogen) atoms. The molecule has 1 N–H and O–H groups in total. The van der Waals surface area contributed by atoms with E-state index in [1.807, 2.05) is 0 Å². The molecule has 10 heteroatoms. The van der Waals surface area contributed by atoms with Crippen molar-refractivity contribution in [2.45, 2.75) is 50.9 Å². The second-order valence-electron chi connectivity index (χ2n) is 6.41. The molecule has 1 aliphatic carbocycles. The molecule has 0 bridgehead atoms. The maximum absolute atomic E-state index is 12.9. The Hall–Kier alpha value is -2.03. The van der Waals surface area contributed by atoms with Gasteiger partial charge in [0.05, 0.1) is 11.2 Å². The van der Waals surface area contributed by atoms with Crippen molar-refractivity contribution in [3.05, 3.63) is 34.9 Å². The van der Waals surface area contributed by atoms with E-state index in [-0.39, 0.29) is 11.8 Å². The predicted octanol–water partition coefficient (Wildman–Crippen LogP) is 3.40. The van der Waals surface area contributed by atoms with E-state index in [1.54, 1.807) is 17.8 Å². The Bertz CT molecular complexity index is 781. The summed E-state index contributed by atoms with van der Waals surface area (Å²) in [6.07, 6.45) is 0.955. The highest BCUT2D eigenvalue weighted by Crippen LogP contribution is 2.42. The van der Waals surface area contributed by atoms with Gasteiger partial charge in [0.2, 0.25) is 5.91 Å². The summed E-state index contributed by atoms with van der Waals surface area (Å²) < 4.78 is 41.7. The van der Waals surface area contributed by atoms with Crippen LogP contribution in [-0.2, 0) is 17.5 Å². The first kappa shape index (κ1) is 18.8. The lowest BCUT2D eigenvalue weighted by molar-refractivity contribution is -0.142. The molecule has 0 radical (unpaired) electrons. The van der Waals surface area contributed by atoms with Crippen molar-refractivity contribution < 1.29 is 18.0 Å². The van der Waals surface area contributed by atoms with Gasteiger partial charge in [-0.25, -0.2) is 0 Å². The van der Waals surface area contributed by atoms with Gasteiger partial charge in [0.1, 0.15) is 6.04 Å². The Morgan fingerprint density at radius 1 is 1.46 bits per heavy atom. The molecule has 1 atom stereocenters. The van der Waals surface area contributed by atoms with Crippen LogP contribution in [0, 0.1) is 0 Å². The summed E-state index contributed by atoms with van der Waals surface area (Å²) in [6.45, 7) is 2.52. The van der Waals surface area contributed by atoms with Gasteiger partial charge in [-0.2, -0.15) is 23.4 Å². The highest BCUT2D eigenvalue weighted by atomic mass is 35.5. The minimum atomic E-state index is -4.52. The van der Waals surface area contributed by atoms with Gasteiger partial charge in [-0.15, -0.1) is 0 Å². The number of hydrogen-bond donors (Lipinski definition) is 1. The van der Waals surface area contributed by atoms with Crippen LogP contribution in [0.1, 0.15) is 49.5 Å². The standard InChI is InChI=1S/C16H19ClF3N5O/c1-10(15(26)21-5-2-6-24-9-12(17)8-22-24)25-13(11-3-4-11)7-14(23-25)16(18,19)20/h7-11H,2-6H2,1H3,(H,21,26). The molecule has 3 rings (SSSR count). The smallest absolute Gasteiger partial charge is 0.354 e. The van der Waals surface area contributed by atoms with Crippen LogP contribution < -0.4 is 5.32 Å². The summed E-state index contributed by atoms with van der Waals surface area (Å²) in [7, 11) is 0. The summed E-state index contributed by atoms with van der Waals surface area (Å²) in [5.41, 5.74) is -0.472. The number of carbonyl (C=O) groups is 1. The summed E-state index contributed by atoms with van der Waals surface area (Å²) in [6, 6.07) is 0.254. The van der Waals surface area contributed by atoms with Crippen LogP contribution in [0.2, 0.25) is 5.02 Å². The maximum Gasteiger partial charge on any atom is 0.435 e. The number of amides is 1. The SMILES string of the molecule is CC(C(=O)NCCCn1cc(Cl)cn1)n1nc(C(F)(F)F)cc1C1CC1. The predicted molar refractivity (Wildman–Crippen MR) is 88.8 cm³/mol. The topological polar surface area (TPSA) is 64.7 Å². The van der Waals surface area contributed by atoms with Crippen LogP contribution in [-0.4, -0.2) is 32.0 Å². The largest absolute Gasteiger partial charge is 0.435 e. The monoisotopic (exact) mass is 389 g/mol. The van der Waals surface area contributed by atoms with Crippen molar-refractivity contribution in [1.82, 2.24) is 24.9 Å². The lowest BCUT2D eigenvalue weighted by atomic mass is 10.2. The van der Waals surface area contributed by atoms with Gasteiger partial charge in [-0.05, 0) is 32.3 Å². The number of nitrogens with zero attached hydrogens (tertiary/aromatic N) is 4. The van der Waals surface area contributed by atoms with E-state index in [9.17, 15) is 18.0 Å². The number of nitrogens with one attached hydrogen (secondary N) is 1. The van der Waals surface area contributed by atoms with Crippen LogP contribution in [0.15, 0.2) is 18.5 Å². The van der Waals surface area contributed by atoms with Gasteiger partial charge in [0.15, 0.2) is 5.69 Å². The Morgan fingerprint density at radius 3 is 2.77 bits per heavy atom. The molecule has 2 heterocycles. The van der Waals surface area contributed by atoms with Crippen LogP contribution in [0.3, 0.4) is 0 Å². The lowest BCUT2D eigenvalue weighted by Gasteiger charge is -2.15. The molecule has 6 nitrogen and oxygen atoms in total. The third-order valence-electron chi connectivity index (χ3n) is 4.26. The number of rotatable bonds is 7. The van der Waals surface area contributed by atoms with Crippen molar-refractivity contribution in [3.8, 4) is 0 Å². The molecule has 1 amide bonds. The number of hydrogen-bond acceptors (Lipinski definition) is 3. The number of halogens is 4. The zero-order valence-electron chi connectivity index (χ0n) is 14.1. The van der Waals surface area contributed by atoms with Crippen molar-refractivity contribution >= 4 is 17.5 Å². The third kappa shape index (κ3) is 4.38. The second-order valence-corrected chi connectivity index (χ2v) is 6.85. The zero-order valence-corrected chi connectivity index (χ0v) is 14.9. The molecule has 1 fully saturated rings. The molecule has 0 aliphatic heterocycles. The Labute approximate surface area is 153 Å². The van der Waals surface area contributed by atoms with Crippen molar-refractivity contribution in [1.29, 1.82) is 0 Å². The molecule has 2 aromatic rings. The Balaban J connectivity index is 1.58. The van der Waals surface area contributed by atoms with Gasteiger partial charge in [0, 0.05) is 30.9 Å². The highest BCUT2D eigenvalue weighted by Gasteiger charge is 2.39. The molecule has 1 saturated carbocycles. The number of alkyl halides is 3. The summed E-state index contributed by atoms with van der Waals surface area (Å²) >= 11 is 5.77. The molecule has 1 aliphatic rings. The molecule has 2 aromatic heterocycles. The summed E-state index contributed by atoms with van der Waals surface area (Å²) in [4.78, 5) is 12.3. The third-order valence-corrected chi connectivity index (χ3v) is 4.46. The Kier molecular flexibility index (Phi) is 5.27. The zero-order chi connectivity index (χ0) is 18.9. The number of aromatic nitrogens is 4. The van der Waals surface area contributed by atoms with Crippen molar-refractivity contribution in [3.63, 3.8) is 0 Å². The van der Waals surface area contributed by atoms with Gasteiger partial charge >= 0.3 is 6.18 Å². The van der Waals surface area contributed by atoms with E-state index in [1.165, 1.54) is 10.9 Å². The maximum atomic E-state index is 12.9. The average molecular weight is 390 g/mol. The first-order chi connectivity index (χ1) is 12.3. The fourth-order valence-corrected chi connectivity index (χ4v) is 2.87. The molecule has 0 spiro atoms. The quantitative estimate of drug-likeness (QED) is 0.738. The minimum Gasteiger partial charge on any atom is -0.354 e. The highest BCUT2D eigenvalue weighted by molar-refractivity contribution is 6.30. The Morgan fingerprint density at radius 2 is 2.19 bits per heavy atom. The average Bonchev–Trinajstić information content (AvgIpc) is 3.17. The van der Waals surface area contributed by atoms with E-state index >= 15 is 0 Å². The van der Waals surface area contributed by atoms with Crippen LogP contribution >= 0.6 is 11.6 Å². The minimum absolute atomic E-state index is 0.0541. The van der Waals surface area contributed by atoms with Crippen LogP contribution in [0.5, 0.6) is 0 Å². The second kappa shape index (κ2) is 7.30. The lowest BCUT2D eigenvalue weighted by Crippen LogP contribution is -2.33. The first-order valence-corrected chi connectivity index (χ1v) is 8.76. The fraction of sp³-hybridized carbons (Fsp3) is 0.562. The van der Waals surface area contributed by atoms with Gasteiger partial charge in [-0.1, -0.05) is 11.6 Å². The fourth-order valence-electron chi connectivity index (χ4n) is 2.71. The number of aryl methyl sites for hydroxylation is 1. The van der Waals surface area contributed by atoms with E-state index < -0.39 is 17.9 Å². The van der Waals surface area contributed by atoms with E-state index in [0.717, 1.165) is 18.9 Å². The van der Waals surface area contributed by atoms with Gasteiger partial charge < -0.3 is 5.32 Å². The first-order valence-electron chi connectivity index (χ1n) is 8.38. The summed E-state index contributed by atoms with van der Waals surface area (Å²) in [5, 5.41) is 10.9. The summed E-state index contributed by atoms with van der Waals surface area (Å²) in [5.74, 6) is -0.305. The molecule has 0 aromatic carbocycles. The number of carbonyl (C=O) groups excluding carboxylic acids is 1. The normalized spacial score (nSPS) is 15.9. The molecule has 142 valence electrons. The van der Waals surface area contributed by atoms with Crippen LogP contribution in [0.25, 0.3) is 0 Å². The van der Waals surface area contributed by atoms with E-state index in [4.69, 9.17) is 11.6 Å². The van der Waals surface area contributed by atoms with Gasteiger partial charge in [0.25, 0.3) is 0 Å². The van der Waals surface area contributed by atoms with E-state index in [0.29, 0.717) is 30.2 Å². The molecule has 1 unspecified atom stereocenters. The van der Waals surface area contributed by atoms with Crippen molar-refractivity contribution in [2.24, 2.45) is 0 Å². The van der Waals surface area contributed by atoms with Crippen LogP contribution in [0.4, 0.5) is 13.2 Å². The van der Waals surface area contributed by atoms with E-state index in [2.05, 4.69) is 15.5 Å². The van der Waals surface area contributed by atoms with Gasteiger partial charge in [-0.3, -0.25) is 14.2 Å².